The van der Waals surface area contributed by atoms with E-state index in [4.69, 9.17) is 0 Å². The lowest BCUT2D eigenvalue weighted by molar-refractivity contribution is -0.122. The number of carbonyl (C=O) groups is 1. The maximum absolute atomic E-state index is 11.8. The summed E-state index contributed by atoms with van der Waals surface area (Å²) in [6.07, 6.45) is 7.59. The number of rotatable bonds is 6. The first-order chi connectivity index (χ1) is 9.63. The smallest absolute Gasteiger partial charge is 0.220 e. The summed E-state index contributed by atoms with van der Waals surface area (Å²) < 4.78 is 0. The molecule has 1 atom stereocenters. The van der Waals surface area contributed by atoms with Crippen molar-refractivity contribution in [2.24, 2.45) is 11.8 Å². The van der Waals surface area contributed by atoms with Crippen molar-refractivity contribution < 1.29 is 9.90 Å². The van der Waals surface area contributed by atoms with Gasteiger partial charge in [-0.25, -0.2) is 0 Å². The van der Waals surface area contributed by atoms with Crippen LogP contribution < -0.4 is 5.32 Å². The summed E-state index contributed by atoms with van der Waals surface area (Å²) in [5.41, 5.74) is 0. The average molecular weight is 282 g/mol. The van der Waals surface area contributed by atoms with Crippen LogP contribution >= 0.6 is 0 Å². The number of nitrogens with zero attached hydrogens (tertiary/aromatic N) is 1. The van der Waals surface area contributed by atoms with Crippen LogP contribution in [0.3, 0.4) is 0 Å². The summed E-state index contributed by atoms with van der Waals surface area (Å²) in [7, 11) is 0. The summed E-state index contributed by atoms with van der Waals surface area (Å²) in [6.45, 7) is 5.54. The van der Waals surface area contributed by atoms with Crippen LogP contribution in [-0.2, 0) is 4.79 Å². The maximum atomic E-state index is 11.8. The summed E-state index contributed by atoms with van der Waals surface area (Å²) in [5, 5.41) is 12.9. The zero-order valence-corrected chi connectivity index (χ0v) is 12.8. The first-order valence-electron chi connectivity index (χ1n) is 8.30. The Kier molecular flexibility index (Phi) is 6.30. The van der Waals surface area contributed by atoms with Crippen molar-refractivity contribution in [1.29, 1.82) is 0 Å². The van der Waals surface area contributed by atoms with Crippen LogP contribution in [0.1, 0.15) is 51.9 Å². The van der Waals surface area contributed by atoms with E-state index < -0.39 is 6.10 Å². The topological polar surface area (TPSA) is 52.6 Å². The van der Waals surface area contributed by atoms with E-state index in [1.165, 1.54) is 38.5 Å². The van der Waals surface area contributed by atoms with Crippen molar-refractivity contribution in [2.45, 2.75) is 58.0 Å². The van der Waals surface area contributed by atoms with Gasteiger partial charge in [0.15, 0.2) is 0 Å². The molecule has 2 aliphatic rings. The van der Waals surface area contributed by atoms with E-state index in [0.29, 0.717) is 25.4 Å². The molecule has 2 fully saturated rings. The van der Waals surface area contributed by atoms with Gasteiger partial charge in [-0.05, 0) is 50.6 Å². The molecule has 1 saturated carbocycles. The Morgan fingerprint density at radius 2 is 1.90 bits per heavy atom. The number of carbonyl (C=O) groups excluding carboxylic acids is 1. The Morgan fingerprint density at radius 3 is 2.55 bits per heavy atom. The van der Waals surface area contributed by atoms with Crippen LogP contribution in [0.2, 0.25) is 0 Å². The van der Waals surface area contributed by atoms with Gasteiger partial charge < -0.3 is 15.3 Å². The molecule has 0 aromatic rings. The monoisotopic (exact) mass is 282 g/mol. The normalized spacial score (nSPS) is 23.9. The van der Waals surface area contributed by atoms with Crippen LogP contribution in [0.4, 0.5) is 0 Å². The second-order valence-corrected chi connectivity index (χ2v) is 6.80. The molecule has 1 aliphatic carbocycles. The summed E-state index contributed by atoms with van der Waals surface area (Å²) >= 11 is 0. The van der Waals surface area contributed by atoms with E-state index >= 15 is 0 Å². The van der Waals surface area contributed by atoms with Gasteiger partial charge in [0.25, 0.3) is 0 Å². The molecule has 4 heteroatoms. The molecule has 1 amide bonds. The molecule has 0 spiro atoms. The van der Waals surface area contributed by atoms with E-state index in [0.717, 1.165) is 19.0 Å². The van der Waals surface area contributed by atoms with E-state index in [-0.39, 0.29) is 5.91 Å². The van der Waals surface area contributed by atoms with E-state index in [2.05, 4.69) is 17.1 Å². The number of β-amino-alcohol motifs (C(OH)–C–C–N with tert-alkyl or cyclic N) is 1. The standard InChI is InChI=1S/C16H30N2O2/c1-13-6-8-18(9-7-13)12-15(19)11-17-16(20)10-14-4-2-3-5-14/h13-15,19H,2-12H2,1H3,(H,17,20). The Balaban J connectivity index is 1.57. The fourth-order valence-corrected chi connectivity index (χ4v) is 3.39. The van der Waals surface area contributed by atoms with Crippen molar-refractivity contribution in [3.63, 3.8) is 0 Å². The van der Waals surface area contributed by atoms with Crippen molar-refractivity contribution >= 4 is 5.91 Å². The number of nitrogens with one attached hydrogen (secondary N) is 1. The molecule has 1 saturated heterocycles. The Bertz CT molecular complexity index is 295. The molecule has 0 bridgehead atoms. The number of likely N-dealkylation sites (tertiary alicyclic amines) is 1. The lowest BCUT2D eigenvalue weighted by Gasteiger charge is -2.31. The van der Waals surface area contributed by atoms with Crippen molar-refractivity contribution in [2.75, 3.05) is 26.2 Å². The fourth-order valence-electron chi connectivity index (χ4n) is 3.39. The van der Waals surface area contributed by atoms with Gasteiger partial charge in [0.05, 0.1) is 6.10 Å². The molecule has 0 aromatic carbocycles. The minimum Gasteiger partial charge on any atom is -0.390 e. The summed E-state index contributed by atoms with van der Waals surface area (Å²) in [6, 6.07) is 0. The number of piperidine rings is 1. The average Bonchev–Trinajstić information content (AvgIpc) is 2.92. The Morgan fingerprint density at radius 1 is 1.25 bits per heavy atom. The number of hydrogen-bond donors (Lipinski definition) is 2. The van der Waals surface area contributed by atoms with E-state index in [1.54, 1.807) is 0 Å². The third-order valence-corrected chi connectivity index (χ3v) is 4.83. The molecule has 4 nitrogen and oxygen atoms in total. The number of hydrogen-bond acceptors (Lipinski definition) is 3. The lowest BCUT2D eigenvalue weighted by atomic mass is 9.99. The number of aliphatic hydroxyl groups excluding tert-OH is 1. The molecule has 1 aliphatic heterocycles. The maximum Gasteiger partial charge on any atom is 0.220 e. The highest BCUT2D eigenvalue weighted by Gasteiger charge is 2.20. The zero-order valence-electron chi connectivity index (χ0n) is 12.8. The molecule has 20 heavy (non-hydrogen) atoms. The van der Waals surface area contributed by atoms with Gasteiger partial charge in [-0.15, -0.1) is 0 Å². The molecular weight excluding hydrogens is 252 g/mol. The molecule has 0 radical (unpaired) electrons. The van der Waals surface area contributed by atoms with Crippen LogP contribution in [0.15, 0.2) is 0 Å². The van der Waals surface area contributed by atoms with Crippen molar-refractivity contribution in [1.82, 2.24) is 10.2 Å². The third-order valence-electron chi connectivity index (χ3n) is 4.83. The second-order valence-electron chi connectivity index (χ2n) is 6.80. The number of amides is 1. The van der Waals surface area contributed by atoms with Crippen LogP contribution in [0.5, 0.6) is 0 Å². The van der Waals surface area contributed by atoms with Gasteiger partial charge >= 0.3 is 0 Å². The lowest BCUT2D eigenvalue weighted by Crippen LogP contribution is -2.43. The summed E-state index contributed by atoms with van der Waals surface area (Å²) in [5.74, 6) is 1.51. The largest absolute Gasteiger partial charge is 0.390 e. The zero-order chi connectivity index (χ0) is 14.4. The predicted octanol–water partition coefficient (Wildman–Crippen LogP) is 1.78. The Hall–Kier alpha value is -0.610. The molecule has 0 aromatic heterocycles. The molecular formula is C16H30N2O2. The summed E-state index contributed by atoms with van der Waals surface area (Å²) in [4.78, 5) is 14.1. The van der Waals surface area contributed by atoms with Gasteiger partial charge in [0.2, 0.25) is 5.91 Å². The van der Waals surface area contributed by atoms with Crippen LogP contribution in [-0.4, -0.2) is 48.2 Å². The quantitative estimate of drug-likeness (QED) is 0.781. The molecule has 116 valence electrons. The third kappa shape index (κ3) is 5.41. The van der Waals surface area contributed by atoms with Gasteiger partial charge in [0.1, 0.15) is 0 Å². The van der Waals surface area contributed by atoms with Crippen molar-refractivity contribution in [3.05, 3.63) is 0 Å². The van der Waals surface area contributed by atoms with Gasteiger partial charge in [-0.3, -0.25) is 4.79 Å². The van der Waals surface area contributed by atoms with Crippen LogP contribution in [0, 0.1) is 11.8 Å². The predicted molar refractivity (Wildman–Crippen MR) is 80.4 cm³/mol. The highest BCUT2D eigenvalue weighted by molar-refractivity contribution is 5.76. The van der Waals surface area contributed by atoms with Gasteiger partial charge in [0, 0.05) is 19.5 Å². The molecule has 2 rings (SSSR count). The van der Waals surface area contributed by atoms with Crippen LogP contribution in [0.25, 0.3) is 0 Å². The van der Waals surface area contributed by atoms with Crippen molar-refractivity contribution in [3.8, 4) is 0 Å². The fraction of sp³-hybridized carbons (Fsp3) is 0.938. The highest BCUT2D eigenvalue weighted by Crippen LogP contribution is 2.27. The first-order valence-corrected chi connectivity index (χ1v) is 8.30. The van der Waals surface area contributed by atoms with E-state index in [1.807, 2.05) is 0 Å². The van der Waals surface area contributed by atoms with E-state index in [9.17, 15) is 9.90 Å². The highest BCUT2D eigenvalue weighted by atomic mass is 16.3. The Labute approximate surface area is 122 Å². The molecule has 1 heterocycles. The molecule has 2 N–H and O–H groups in total. The second kappa shape index (κ2) is 7.99. The van der Waals surface area contributed by atoms with Gasteiger partial charge in [-0.1, -0.05) is 19.8 Å². The molecule has 1 unspecified atom stereocenters. The first kappa shape index (κ1) is 15.8. The number of aliphatic hydroxyl groups is 1. The minimum absolute atomic E-state index is 0.114. The SMILES string of the molecule is CC1CCN(CC(O)CNC(=O)CC2CCCC2)CC1. The minimum atomic E-state index is -0.434. The van der Waals surface area contributed by atoms with Gasteiger partial charge in [-0.2, -0.15) is 0 Å².